The maximum atomic E-state index is 13.1. The van der Waals surface area contributed by atoms with Gasteiger partial charge in [-0.15, -0.1) is 0 Å². The second-order valence-electron chi connectivity index (χ2n) is 8.88. The third kappa shape index (κ3) is 14.9. The van der Waals surface area contributed by atoms with Crippen molar-refractivity contribution in [3.8, 4) is 0 Å². The molecule has 0 aromatic rings. The number of carbonyl (C=O) groups excluding carboxylic acids is 5. The number of nitrogens with one attached hydrogen (secondary N) is 3. The first-order valence-corrected chi connectivity index (χ1v) is 11.6. The number of carboxylic acid groups (broad SMARTS) is 1. The molecule has 0 aliphatic rings. The summed E-state index contributed by atoms with van der Waals surface area (Å²) in [6, 6.07) is -5.07. The van der Waals surface area contributed by atoms with Gasteiger partial charge in [0.05, 0.1) is 12.5 Å². The van der Waals surface area contributed by atoms with E-state index >= 15 is 0 Å². The molecule has 14 N–H and O–H groups in total. The first kappa shape index (κ1) is 33.0. The van der Waals surface area contributed by atoms with Gasteiger partial charge < -0.3 is 49.7 Å². The van der Waals surface area contributed by atoms with Crippen LogP contribution in [0.25, 0.3) is 0 Å². The molecule has 37 heavy (non-hydrogen) atoms. The molecule has 5 amide bonds. The van der Waals surface area contributed by atoms with E-state index in [0.29, 0.717) is 0 Å². The number of guanidine groups is 1. The van der Waals surface area contributed by atoms with Gasteiger partial charge in [-0.2, -0.15) is 0 Å². The van der Waals surface area contributed by atoms with Gasteiger partial charge in [-0.1, -0.05) is 13.8 Å². The predicted octanol–water partition coefficient (Wildman–Crippen LogP) is -3.91. The van der Waals surface area contributed by atoms with E-state index in [1.165, 1.54) is 0 Å². The SMILES string of the molecule is CC(C)CC(NC(=O)C(N)CC(N)=O)C(=O)NC(CCCN=C(N)N)C(=O)NC(CCC(N)=O)C(=O)O. The predicted molar refractivity (Wildman–Crippen MR) is 133 cm³/mol. The van der Waals surface area contributed by atoms with Crippen LogP contribution >= 0.6 is 0 Å². The zero-order valence-corrected chi connectivity index (χ0v) is 21.1. The van der Waals surface area contributed by atoms with Crippen molar-refractivity contribution in [2.75, 3.05) is 6.54 Å². The highest BCUT2D eigenvalue weighted by Crippen LogP contribution is 2.08. The Hall–Kier alpha value is -3.95. The number of primary amides is 2. The summed E-state index contributed by atoms with van der Waals surface area (Å²) in [5.41, 5.74) is 26.4. The lowest BCUT2D eigenvalue weighted by atomic mass is 10.0. The summed E-state index contributed by atoms with van der Waals surface area (Å²) in [5.74, 6) is -5.54. The van der Waals surface area contributed by atoms with Crippen molar-refractivity contribution >= 4 is 41.5 Å². The molecule has 0 fully saturated rings. The third-order valence-electron chi connectivity index (χ3n) is 4.97. The van der Waals surface area contributed by atoms with Crippen molar-refractivity contribution in [3.05, 3.63) is 0 Å². The molecule has 0 aromatic heterocycles. The Labute approximate surface area is 214 Å². The van der Waals surface area contributed by atoms with Gasteiger partial charge in [0.15, 0.2) is 5.96 Å². The summed E-state index contributed by atoms with van der Waals surface area (Å²) in [7, 11) is 0. The van der Waals surface area contributed by atoms with E-state index in [0.717, 1.165) is 0 Å². The molecule has 0 aliphatic carbocycles. The highest BCUT2D eigenvalue weighted by atomic mass is 16.4. The molecule has 0 saturated heterocycles. The number of amides is 5. The van der Waals surface area contributed by atoms with Gasteiger partial charge >= 0.3 is 5.97 Å². The number of hydrogen-bond donors (Lipinski definition) is 9. The molecule has 4 unspecified atom stereocenters. The van der Waals surface area contributed by atoms with E-state index in [1.54, 1.807) is 13.8 Å². The lowest BCUT2D eigenvalue weighted by Crippen LogP contribution is -2.57. The van der Waals surface area contributed by atoms with Crippen molar-refractivity contribution in [2.24, 2.45) is 39.6 Å². The Kier molecular flexibility index (Phi) is 14.9. The van der Waals surface area contributed by atoms with E-state index in [-0.39, 0.29) is 50.5 Å². The number of aliphatic imine (C=N–C) groups is 1. The zero-order chi connectivity index (χ0) is 28.7. The molecule has 16 heteroatoms. The van der Waals surface area contributed by atoms with Crippen LogP contribution in [0.3, 0.4) is 0 Å². The lowest BCUT2D eigenvalue weighted by molar-refractivity contribution is -0.142. The molecular formula is C21H39N9O7. The molecule has 0 radical (unpaired) electrons. The Morgan fingerprint density at radius 1 is 0.784 bits per heavy atom. The minimum absolute atomic E-state index is 0.0139. The van der Waals surface area contributed by atoms with Crippen molar-refractivity contribution in [3.63, 3.8) is 0 Å². The second kappa shape index (κ2) is 16.7. The summed E-state index contributed by atoms with van der Waals surface area (Å²) >= 11 is 0. The van der Waals surface area contributed by atoms with Crippen LogP contribution in [0.1, 0.15) is 52.4 Å². The number of nitrogens with zero attached hydrogens (tertiary/aromatic N) is 1. The van der Waals surface area contributed by atoms with Gasteiger partial charge in [-0.3, -0.25) is 29.0 Å². The summed E-state index contributed by atoms with van der Waals surface area (Å²) in [6.45, 7) is 3.72. The van der Waals surface area contributed by atoms with Crippen LogP contribution < -0.4 is 44.6 Å². The molecule has 0 bridgehead atoms. The zero-order valence-electron chi connectivity index (χ0n) is 21.1. The van der Waals surface area contributed by atoms with Crippen LogP contribution in [0, 0.1) is 5.92 Å². The Bertz CT molecular complexity index is 859. The average Bonchev–Trinajstić information content (AvgIpc) is 2.76. The minimum Gasteiger partial charge on any atom is -0.480 e. The first-order valence-electron chi connectivity index (χ1n) is 11.6. The fourth-order valence-corrected chi connectivity index (χ4v) is 3.15. The summed E-state index contributed by atoms with van der Waals surface area (Å²) in [4.78, 5) is 75.8. The topological polar surface area (TPSA) is 301 Å². The van der Waals surface area contributed by atoms with Gasteiger partial charge in [0.2, 0.25) is 29.5 Å². The van der Waals surface area contributed by atoms with E-state index < -0.39 is 66.1 Å². The van der Waals surface area contributed by atoms with Crippen LogP contribution in [-0.2, 0) is 28.8 Å². The summed E-state index contributed by atoms with van der Waals surface area (Å²) in [5, 5.41) is 16.6. The van der Waals surface area contributed by atoms with Crippen LogP contribution in [-0.4, -0.2) is 77.3 Å². The third-order valence-corrected chi connectivity index (χ3v) is 4.97. The second-order valence-corrected chi connectivity index (χ2v) is 8.88. The number of carbonyl (C=O) groups is 6. The quantitative estimate of drug-likeness (QED) is 0.0472. The first-order chi connectivity index (χ1) is 17.1. The van der Waals surface area contributed by atoms with Crippen LogP contribution in [0.2, 0.25) is 0 Å². The normalized spacial score (nSPS) is 13.9. The van der Waals surface area contributed by atoms with Crippen molar-refractivity contribution in [2.45, 2.75) is 76.5 Å². The van der Waals surface area contributed by atoms with Gasteiger partial charge in [0, 0.05) is 13.0 Å². The maximum absolute atomic E-state index is 13.1. The number of rotatable bonds is 18. The van der Waals surface area contributed by atoms with Gasteiger partial charge in [0.25, 0.3) is 0 Å². The van der Waals surface area contributed by atoms with Crippen molar-refractivity contribution in [1.29, 1.82) is 0 Å². The van der Waals surface area contributed by atoms with Crippen molar-refractivity contribution in [1.82, 2.24) is 16.0 Å². The number of aliphatic carboxylic acids is 1. The Balaban J connectivity index is 5.67. The minimum atomic E-state index is -1.44. The van der Waals surface area contributed by atoms with Crippen LogP contribution in [0.4, 0.5) is 0 Å². The van der Waals surface area contributed by atoms with E-state index in [9.17, 15) is 33.9 Å². The lowest BCUT2D eigenvalue weighted by Gasteiger charge is -2.26. The highest BCUT2D eigenvalue weighted by Gasteiger charge is 2.30. The maximum Gasteiger partial charge on any atom is 0.326 e. The van der Waals surface area contributed by atoms with Crippen LogP contribution in [0.5, 0.6) is 0 Å². The largest absolute Gasteiger partial charge is 0.480 e. The molecule has 0 saturated carbocycles. The molecule has 0 heterocycles. The molecule has 0 aromatic carbocycles. The molecule has 16 nitrogen and oxygen atoms in total. The van der Waals surface area contributed by atoms with E-state index in [4.69, 9.17) is 28.7 Å². The number of hydrogen-bond acceptors (Lipinski definition) is 8. The molecule has 0 aliphatic heterocycles. The molecule has 0 rings (SSSR count). The van der Waals surface area contributed by atoms with Gasteiger partial charge in [-0.25, -0.2) is 4.79 Å². The van der Waals surface area contributed by atoms with E-state index in [2.05, 4.69) is 20.9 Å². The smallest absolute Gasteiger partial charge is 0.326 e. The molecule has 0 spiro atoms. The Morgan fingerprint density at radius 2 is 1.32 bits per heavy atom. The van der Waals surface area contributed by atoms with Gasteiger partial charge in [-0.05, 0) is 31.6 Å². The molecular weight excluding hydrogens is 490 g/mol. The fourth-order valence-electron chi connectivity index (χ4n) is 3.15. The fraction of sp³-hybridized carbons (Fsp3) is 0.667. The Morgan fingerprint density at radius 3 is 1.81 bits per heavy atom. The van der Waals surface area contributed by atoms with Crippen molar-refractivity contribution < 1.29 is 33.9 Å². The standard InChI is InChI=1S/C21H39N9O7/c1-10(2)8-14(30-17(33)11(22)9-16(24)32)19(35)28-12(4-3-7-27-21(25)26)18(34)29-13(20(36)37)5-6-15(23)31/h10-14H,3-9,22H2,1-2H3,(H2,23,31)(H2,24,32)(H,28,35)(H,29,34)(H,30,33)(H,36,37)(H4,25,26,27). The number of carboxylic acids is 1. The molecule has 210 valence electrons. The summed E-state index contributed by atoms with van der Waals surface area (Å²) < 4.78 is 0. The molecule has 4 atom stereocenters. The summed E-state index contributed by atoms with van der Waals surface area (Å²) in [6.07, 6.45) is -0.555. The van der Waals surface area contributed by atoms with Crippen LogP contribution in [0.15, 0.2) is 4.99 Å². The number of nitrogens with two attached hydrogens (primary N) is 5. The van der Waals surface area contributed by atoms with Gasteiger partial charge in [0.1, 0.15) is 18.1 Å². The van der Waals surface area contributed by atoms with E-state index in [1.807, 2.05) is 0 Å². The highest BCUT2D eigenvalue weighted by molar-refractivity contribution is 5.95. The monoisotopic (exact) mass is 529 g/mol. The average molecular weight is 530 g/mol.